The Morgan fingerprint density at radius 1 is 1.07 bits per heavy atom. The molecule has 0 spiro atoms. The van der Waals surface area contributed by atoms with Crippen molar-refractivity contribution in [2.45, 2.75) is 56.0 Å². The van der Waals surface area contributed by atoms with Gasteiger partial charge in [0.05, 0.1) is 19.5 Å². The number of nitrogens with one attached hydrogen (secondary N) is 1. The van der Waals surface area contributed by atoms with Crippen LogP contribution in [0.1, 0.15) is 28.6 Å². The van der Waals surface area contributed by atoms with Crippen LogP contribution in [0.3, 0.4) is 0 Å². The molecule has 1 amide bonds. The summed E-state index contributed by atoms with van der Waals surface area (Å²) in [5, 5.41) is 41.8. The largest absolute Gasteiger partial charge is 0.481 e. The lowest BCUT2D eigenvalue weighted by molar-refractivity contribution is -0.765. The molecule has 0 bridgehead atoms. The summed E-state index contributed by atoms with van der Waals surface area (Å²) < 4.78 is 52.1. The molecule has 10 atom stereocenters. The average Bonchev–Trinajstić information content (AvgIpc) is 3.56. The van der Waals surface area contributed by atoms with Crippen LogP contribution in [0.5, 0.6) is 0 Å². The van der Waals surface area contributed by atoms with E-state index >= 15 is 0 Å². The number of rotatable bonds is 11. The highest BCUT2D eigenvalue weighted by atomic mass is 31.3. The summed E-state index contributed by atoms with van der Waals surface area (Å²) in [7, 11) is -10.8. The molecule has 21 nitrogen and oxygen atoms in total. The third kappa shape index (κ3) is 6.91. The number of nitrogens with two attached hydrogens (primary N) is 1. The number of imidazole rings is 1. The standard InChI is InChI=1S/C22H28N6O15P2/c1-9-26-13-19(24-8-25-20(13)34)28(9)22-17(32)15(30)12(42-22)7-40-45(37,38)43-44(35,36)39-6-11-14(29)16(31)21(41-11)27-4-2-3-10(5-27)18(23)33/h2-5,8,11-12,14-17,21-22,29-32H,6-7H2,1H3,(H4-,23,24,25,33,34,35,36,37,38)/p+1/t11-,12-,14-,15-,16-,17-,21-,22-/m1/s1. The van der Waals surface area contributed by atoms with Crippen molar-refractivity contribution < 1.29 is 71.5 Å². The molecular weight excluding hydrogens is 650 g/mol. The number of carbonyl (C=O) groups excluding carboxylic acids is 1. The monoisotopic (exact) mass is 679 g/mol. The first-order chi connectivity index (χ1) is 21.1. The molecule has 3 aromatic rings. The second-order valence-corrected chi connectivity index (χ2v) is 13.1. The number of primary amides is 1. The van der Waals surface area contributed by atoms with Crippen LogP contribution >= 0.6 is 15.6 Å². The first kappa shape index (κ1) is 33.4. The van der Waals surface area contributed by atoms with Gasteiger partial charge >= 0.3 is 15.6 Å². The third-order valence-electron chi connectivity index (χ3n) is 7.00. The van der Waals surface area contributed by atoms with Crippen LogP contribution in [-0.4, -0.2) is 105 Å². The predicted molar refractivity (Wildman–Crippen MR) is 143 cm³/mol. The van der Waals surface area contributed by atoms with Crippen LogP contribution in [0.4, 0.5) is 0 Å². The molecule has 2 unspecified atom stereocenters. The van der Waals surface area contributed by atoms with Gasteiger partial charge in [0.1, 0.15) is 41.9 Å². The summed E-state index contributed by atoms with van der Waals surface area (Å²) in [5.74, 6) is -0.581. The number of aryl methyl sites for hydroxylation is 1. The first-order valence-electron chi connectivity index (χ1n) is 13.0. The van der Waals surface area contributed by atoms with Gasteiger partial charge in [-0.1, -0.05) is 0 Å². The molecule has 2 aliphatic rings. The van der Waals surface area contributed by atoms with Crippen molar-refractivity contribution in [2.75, 3.05) is 13.2 Å². The van der Waals surface area contributed by atoms with Gasteiger partial charge in [0, 0.05) is 6.07 Å². The lowest BCUT2D eigenvalue weighted by atomic mass is 10.1. The van der Waals surface area contributed by atoms with Crippen LogP contribution in [0.2, 0.25) is 0 Å². The van der Waals surface area contributed by atoms with Crippen LogP contribution in [0.15, 0.2) is 35.6 Å². The Labute approximate surface area is 251 Å². The number of aliphatic hydroxyl groups is 4. The Morgan fingerprint density at radius 2 is 1.69 bits per heavy atom. The van der Waals surface area contributed by atoms with Crippen molar-refractivity contribution in [1.29, 1.82) is 0 Å². The maximum absolute atomic E-state index is 12.5. The molecule has 9 N–H and O–H groups in total. The molecule has 23 heteroatoms. The smallest absolute Gasteiger partial charge is 0.387 e. The number of ether oxygens (including phenoxy) is 2. The highest BCUT2D eigenvalue weighted by Gasteiger charge is 2.50. The molecule has 5 heterocycles. The zero-order chi connectivity index (χ0) is 32.8. The number of pyridine rings is 1. The topological polar surface area (TPSA) is 312 Å². The van der Waals surface area contributed by atoms with Crippen molar-refractivity contribution in [3.8, 4) is 0 Å². The van der Waals surface area contributed by atoms with Gasteiger partial charge in [-0.3, -0.25) is 23.2 Å². The van der Waals surface area contributed by atoms with E-state index in [-0.39, 0.29) is 22.6 Å². The zero-order valence-corrected chi connectivity index (χ0v) is 24.8. The molecule has 0 aliphatic carbocycles. The van der Waals surface area contributed by atoms with E-state index in [1.807, 2.05) is 0 Å². The molecule has 3 aromatic heterocycles. The summed E-state index contributed by atoms with van der Waals surface area (Å²) >= 11 is 0. The molecule has 246 valence electrons. The van der Waals surface area contributed by atoms with E-state index < -0.39 is 89.4 Å². The zero-order valence-electron chi connectivity index (χ0n) is 23.0. The van der Waals surface area contributed by atoms with E-state index in [2.05, 4.69) is 23.8 Å². The Bertz CT molecular complexity index is 1740. The van der Waals surface area contributed by atoms with E-state index in [0.717, 1.165) is 6.33 Å². The maximum Gasteiger partial charge on any atom is 0.481 e. The fourth-order valence-electron chi connectivity index (χ4n) is 4.84. The summed E-state index contributed by atoms with van der Waals surface area (Å²) in [5.41, 5.74) is 4.70. The molecule has 2 aliphatic heterocycles. The SMILES string of the molecule is Cc1nc2c(=O)[nH]cnc2n1[C@@H]1O[C@H](COP(=O)(O)OP(=O)(O)OC[C@H]2O[C@@H]([n+]3cccc(C(N)=O)c3)[C@H](O)[C@@H]2O)[C@@H](O)[C@H]1O. The van der Waals surface area contributed by atoms with Gasteiger partial charge in [-0.15, -0.1) is 0 Å². The second kappa shape index (κ2) is 12.6. The fraction of sp³-hybridized carbons (Fsp3) is 0.500. The van der Waals surface area contributed by atoms with Gasteiger partial charge in [-0.25, -0.2) is 19.1 Å². The second-order valence-electron chi connectivity index (χ2n) is 10.0. The number of amides is 1. The Kier molecular flexibility index (Phi) is 9.38. The van der Waals surface area contributed by atoms with Crippen LogP contribution in [0.25, 0.3) is 11.2 Å². The van der Waals surface area contributed by atoms with Gasteiger partial charge in [-0.2, -0.15) is 8.88 Å². The van der Waals surface area contributed by atoms with Crippen molar-refractivity contribution >= 4 is 32.7 Å². The average molecular weight is 679 g/mol. The molecular formula is C22H29N6O15P2+. The Hall–Kier alpha value is -3.01. The van der Waals surface area contributed by atoms with E-state index in [4.69, 9.17) is 19.7 Å². The highest BCUT2D eigenvalue weighted by Crippen LogP contribution is 2.60. The van der Waals surface area contributed by atoms with Crippen LogP contribution in [0, 0.1) is 6.92 Å². The van der Waals surface area contributed by atoms with Gasteiger partial charge in [0.25, 0.3) is 17.7 Å². The number of H-pyrrole nitrogens is 1. The summed E-state index contributed by atoms with van der Waals surface area (Å²) in [4.78, 5) is 54.0. The highest BCUT2D eigenvalue weighted by molar-refractivity contribution is 7.61. The molecule has 2 saturated heterocycles. The Morgan fingerprint density at radius 3 is 2.33 bits per heavy atom. The normalized spacial score (nSPS) is 31.2. The minimum absolute atomic E-state index is 0.0246. The fourth-order valence-corrected chi connectivity index (χ4v) is 6.93. The molecule has 0 aromatic carbocycles. The van der Waals surface area contributed by atoms with Crippen molar-refractivity contribution in [2.24, 2.45) is 5.73 Å². The number of hydrogen-bond donors (Lipinski definition) is 8. The number of aliphatic hydroxyl groups excluding tert-OH is 4. The number of phosphoric ester groups is 2. The number of hydrogen-bond acceptors (Lipinski definition) is 15. The minimum atomic E-state index is -5.40. The van der Waals surface area contributed by atoms with Crippen molar-refractivity contribution in [3.05, 3.63) is 52.6 Å². The molecule has 5 rings (SSSR count). The molecule has 0 radical (unpaired) electrons. The number of carbonyl (C=O) groups is 1. The van der Waals surface area contributed by atoms with Crippen molar-refractivity contribution in [3.63, 3.8) is 0 Å². The molecule has 45 heavy (non-hydrogen) atoms. The number of aromatic amines is 1. The summed E-state index contributed by atoms with van der Waals surface area (Å²) in [6.07, 6.45) is -8.39. The number of fused-ring (bicyclic) bond motifs is 1. The quantitative estimate of drug-likeness (QED) is 0.0739. The minimum Gasteiger partial charge on any atom is -0.387 e. The van der Waals surface area contributed by atoms with E-state index in [9.17, 15) is 48.9 Å². The van der Waals surface area contributed by atoms with Gasteiger partial charge in [0.15, 0.2) is 35.9 Å². The number of phosphoric acid groups is 2. The van der Waals surface area contributed by atoms with Crippen molar-refractivity contribution in [1.82, 2.24) is 19.5 Å². The summed E-state index contributed by atoms with van der Waals surface area (Å²) in [6.45, 7) is -0.354. The predicted octanol–water partition coefficient (Wildman–Crippen LogP) is -3.00. The van der Waals surface area contributed by atoms with Gasteiger partial charge < -0.3 is 50.4 Å². The summed E-state index contributed by atoms with van der Waals surface area (Å²) in [6, 6.07) is 2.83. The van der Waals surface area contributed by atoms with Gasteiger partial charge in [-0.05, 0) is 13.0 Å². The number of aromatic nitrogens is 5. The lowest BCUT2D eigenvalue weighted by Gasteiger charge is -2.20. The van der Waals surface area contributed by atoms with Crippen LogP contribution < -0.4 is 15.9 Å². The van der Waals surface area contributed by atoms with E-state index in [1.54, 1.807) is 0 Å². The maximum atomic E-state index is 12.5. The van der Waals surface area contributed by atoms with Gasteiger partial charge in [0.2, 0.25) is 0 Å². The third-order valence-corrected chi connectivity index (χ3v) is 9.60. The number of nitrogens with zero attached hydrogens (tertiary/aromatic N) is 4. The molecule has 0 saturated carbocycles. The Balaban J connectivity index is 1.17. The lowest BCUT2D eigenvalue weighted by Crippen LogP contribution is -2.46. The molecule has 2 fully saturated rings. The van der Waals surface area contributed by atoms with Crippen LogP contribution in [-0.2, 0) is 32.0 Å². The van der Waals surface area contributed by atoms with E-state index in [0.29, 0.717) is 0 Å². The van der Waals surface area contributed by atoms with E-state index in [1.165, 1.54) is 40.6 Å². The first-order valence-corrected chi connectivity index (χ1v) is 16.0.